The van der Waals surface area contributed by atoms with Crippen molar-refractivity contribution in [3.63, 3.8) is 0 Å². The highest BCUT2D eigenvalue weighted by Crippen LogP contribution is 2.40. The molecule has 4 rings (SSSR count). The predicted molar refractivity (Wildman–Crippen MR) is 150 cm³/mol. The van der Waals surface area contributed by atoms with Gasteiger partial charge in [-0.05, 0) is 66.1 Å². The van der Waals surface area contributed by atoms with Crippen LogP contribution in [0.15, 0.2) is 97.3 Å². The Bertz CT molecular complexity index is 1780. The average molecular weight is 672 g/mol. The molecular formula is C33H23F10NO3. The van der Waals surface area contributed by atoms with E-state index in [4.69, 9.17) is 4.74 Å². The third-order valence-corrected chi connectivity index (χ3v) is 6.75. The van der Waals surface area contributed by atoms with E-state index < -0.39 is 82.2 Å². The third-order valence-electron chi connectivity index (χ3n) is 6.75. The first-order valence-electron chi connectivity index (χ1n) is 13.4. The van der Waals surface area contributed by atoms with Crippen LogP contribution < -0.4 is 14.8 Å². The highest BCUT2D eigenvalue weighted by molar-refractivity contribution is 5.95. The van der Waals surface area contributed by atoms with E-state index in [-0.39, 0.29) is 17.4 Å². The third kappa shape index (κ3) is 8.05. The molecule has 0 aliphatic rings. The van der Waals surface area contributed by atoms with Crippen LogP contribution in [-0.2, 0) is 18.1 Å². The first-order chi connectivity index (χ1) is 21.9. The van der Waals surface area contributed by atoms with Crippen LogP contribution in [0.25, 0.3) is 0 Å². The molecule has 0 saturated carbocycles. The summed E-state index contributed by atoms with van der Waals surface area (Å²) in [4.78, 5) is 13.7. The molecule has 1 atom stereocenters. The fourth-order valence-electron chi connectivity index (χ4n) is 4.72. The number of carbonyl (C=O) groups is 1. The fourth-order valence-corrected chi connectivity index (χ4v) is 4.72. The molecule has 248 valence electrons. The van der Waals surface area contributed by atoms with E-state index in [9.17, 15) is 44.3 Å². The lowest BCUT2D eigenvalue weighted by Gasteiger charge is -2.37. The summed E-state index contributed by atoms with van der Waals surface area (Å²) in [5, 5.41) is 2.48. The maximum Gasteiger partial charge on any atom is 0.461 e. The Morgan fingerprint density at radius 1 is 0.830 bits per heavy atom. The summed E-state index contributed by atoms with van der Waals surface area (Å²) < 4.78 is 148. The van der Waals surface area contributed by atoms with Gasteiger partial charge in [-0.3, -0.25) is 4.79 Å². The number of nitrogens with one attached hydrogen (secondary N) is 1. The van der Waals surface area contributed by atoms with Gasteiger partial charge in [0, 0.05) is 18.1 Å². The van der Waals surface area contributed by atoms with Crippen molar-refractivity contribution in [3.8, 4) is 11.5 Å². The Balaban J connectivity index is 2.03. The molecule has 1 amide bonds. The standard InChI is InChI=1S/C33H23F10NO3/c1-18(2)46-28-15-21(9-11-27(28)36)31(17-19-6-4-3-5-7-19,22-13-23(34)16-24(14-22)47-33(42,43)30(37)38)44-29(45)20-8-10-26(35)25(12-20)32(39,40)41/h3-16,30H,1,17H2,2H3,(H,44,45). The number of rotatable bonds is 11. The van der Waals surface area contributed by atoms with Crippen molar-refractivity contribution in [2.45, 2.75) is 37.6 Å². The first-order valence-corrected chi connectivity index (χ1v) is 13.4. The minimum absolute atomic E-state index is 0.000379. The number of hydrogen-bond acceptors (Lipinski definition) is 3. The summed E-state index contributed by atoms with van der Waals surface area (Å²) in [5.41, 5.74) is -4.93. The lowest BCUT2D eigenvalue weighted by atomic mass is 9.77. The van der Waals surface area contributed by atoms with Gasteiger partial charge in [0.15, 0.2) is 11.6 Å². The Labute approximate surface area is 261 Å². The molecule has 14 heteroatoms. The number of halogens is 10. The highest BCUT2D eigenvalue weighted by Gasteiger charge is 2.45. The van der Waals surface area contributed by atoms with Crippen molar-refractivity contribution in [1.82, 2.24) is 5.32 Å². The molecule has 47 heavy (non-hydrogen) atoms. The summed E-state index contributed by atoms with van der Waals surface area (Å²) in [5.74, 6) is -6.82. The molecule has 0 aliphatic heterocycles. The smallest absolute Gasteiger partial charge is 0.460 e. The number of benzene rings is 4. The van der Waals surface area contributed by atoms with E-state index in [1.54, 1.807) is 18.2 Å². The zero-order chi connectivity index (χ0) is 34.7. The Hall–Kier alpha value is -5.01. The normalized spacial score (nSPS) is 13.2. The molecule has 4 aromatic carbocycles. The maximum atomic E-state index is 15.1. The van der Waals surface area contributed by atoms with E-state index in [1.807, 2.05) is 0 Å². The minimum Gasteiger partial charge on any atom is -0.460 e. The Morgan fingerprint density at radius 3 is 2.11 bits per heavy atom. The quantitative estimate of drug-likeness (QED) is 0.128. The lowest BCUT2D eigenvalue weighted by Crippen LogP contribution is -2.49. The van der Waals surface area contributed by atoms with Crippen molar-refractivity contribution in [2.75, 3.05) is 0 Å². The molecule has 0 heterocycles. The number of ether oxygens (including phenoxy) is 2. The number of allylic oxidation sites excluding steroid dienone is 1. The number of carbonyl (C=O) groups excluding carboxylic acids is 1. The zero-order valence-corrected chi connectivity index (χ0v) is 24.1. The van der Waals surface area contributed by atoms with Gasteiger partial charge in [-0.25, -0.2) is 13.2 Å². The monoisotopic (exact) mass is 671 g/mol. The van der Waals surface area contributed by atoms with Gasteiger partial charge in [0.2, 0.25) is 0 Å². The average Bonchev–Trinajstić information content (AvgIpc) is 2.97. The largest absolute Gasteiger partial charge is 0.461 e. The van der Waals surface area contributed by atoms with E-state index in [0.29, 0.717) is 23.8 Å². The molecule has 1 N–H and O–H groups in total. The number of hydrogen-bond donors (Lipinski definition) is 1. The molecule has 0 aliphatic carbocycles. The minimum atomic E-state index is -5.21. The molecule has 1 unspecified atom stereocenters. The summed E-state index contributed by atoms with van der Waals surface area (Å²) in [6.07, 6.45) is -15.0. The number of amides is 1. The van der Waals surface area contributed by atoms with Crippen LogP contribution in [0.1, 0.15) is 39.5 Å². The molecule has 0 fully saturated rings. The van der Waals surface area contributed by atoms with Crippen molar-refractivity contribution >= 4 is 5.91 Å². The Morgan fingerprint density at radius 2 is 1.49 bits per heavy atom. The Kier molecular flexibility index (Phi) is 9.92. The number of alkyl halides is 7. The highest BCUT2D eigenvalue weighted by atomic mass is 19.4. The van der Waals surface area contributed by atoms with Gasteiger partial charge in [-0.2, -0.15) is 30.7 Å². The molecule has 4 aromatic rings. The van der Waals surface area contributed by atoms with E-state index in [2.05, 4.69) is 16.6 Å². The van der Waals surface area contributed by atoms with Gasteiger partial charge in [0.05, 0.1) is 16.9 Å². The van der Waals surface area contributed by atoms with Crippen LogP contribution in [-0.4, -0.2) is 18.4 Å². The molecule has 0 aromatic heterocycles. The van der Waals surface area contributed by atoms with Crippen LogP contribution in [0.3, 0.4) is 0 Å². The van der Waals surface area contributed by atoms with E-state index >= 15 is 4.39 Å². The van der Waals surface area contributed by atoms with E-state index in [1.165, 1.54) is 19.1 Å². The first kappa shape index (κ1) is 34.9. The summed E-state index contributed by atoms with van der Waals surface area (Å²) in [7, 11) is 0. The second kappa shape index (κ2) is 13.4. The second-order valence-electron chi connectivity index (χ2n) is 10.3. The molecule has 0 bridgehead atoms. The maximum absolute atomic E-state index is 15.1. The van der Waals surface area contributed by atoms with Gasteiger partial charge in [-0.15, -0.1) is 0 Å². The van der Waals surface area contributed by atoms with Gasteiger partial charge >= 0.3 is 18.7 Å². The van der Waals surface area contributed by atoms with Crippen LogP contribution in [0, 0.1) is 17.5 Å². The summed E-state index contributed by atoms with van der Waals surface area (Å²) in [6.45, 7) is 4.90. The molecule has 0 radical (unpaired) electrons. The topological polar surface area (TPSA) is 47.6 Å². The summed E-state index contributed by atoms with van der Waals surface area (Å²) >= 11 is 0. The molecule has 0 saturated heterocycles. The fraction of sp³-hybridized carbons (Fsp3) is 0.182. The van der Waals surface area contributed by atoms with Gasteiger partial charge in [-0.1, -0.05) is 43.0 Å². The predicted octanol–water partition coefficient (Wildman–Crippen LogP) is 9.19. The van der Waals surface area contributed by atoms with Crippen LogP contribution in [0.4, 0.5) is 43.9 Å². The summed E-state index contributed by atoms with van der Waals surface area (Å²) in [6, 6.07) is 13.9. The van der Waals surface area contributed by atoms with E-state index in [0.717, 1.165) is 30.3 Å². The van der Waals surface area contributed by atoms with Crippen molar-refractivity contribution in [1.29, 1.82) is 0 Å². The van der Waals surface area contributed by atoms with Gasteiger partial charge < -0.3 is 14.8 Å². The van der Waals surface area contributed by atoms with Crippen molar-refractivity contribution in [3.05, 3.63) is 143 Å². The van der Waals surface area contributed by atoms with Crippen molar-refractivity contribution < 1.29 is 58.2 Å². The van der Waals surface area contributed by atoms with Gasteiger partial charge in [0.25, 0.3) is 5.91 Å². The molecule has 4 nitrogen and oxygen atoms in total. The zero-order valence-electron chi connectivity index (χ0n) is 24.1. The van der Waals surface area contributed by atoms with Gasteiger partial charge in [0.1, 0.15) is 17.4 Å². The second-order valence-corrected chi connectivity index (χ2v) is 10.3. The molecular weight excluding hydrogens is 648 g/mol. The van der Waals surface area contributed by atoms with Crippen LogP contribution in [0.5, 0.6) is 11.5 Å². The van der Waals surface area contributed by atoms with Crippen LogP contribution in [0.2, 0.25) is 0 Å². The molecule has 0 spiro atoms. The van der Waals surface area contributed by atoms with Crippen LogP contribution >= 0.6 is 0 Å². The lowest BCUT2D eigenvalue weighted by molar-refractivity contribution is -0.253. The SMILES string of the molecule is C=C(C)Oc1cc(C(Cc2ccccc2)(NC(=O)c2ccc(F)c(C(F)(F)F)c2)c2cc(F)cc(OC(F)(F)C(F)F)c2)ccc1F. The van der Waals surface area contributed by atoms with Crippen molar-refractivity contribution in [2.24, 2.45) is 0 Å².